The van der Waals surface area contributed by atoms with E-state index < -0.39 is 5.97 Å². The lowest BCUT2D eigenvalue weighted by atomic mass is 10.1. The van der Waals surface area contributed by atoms with Crippen molar-refractivity contribution in [2.24, 2.45) is 0 Å². The Morgan fingerprint density at radius 1 is 1.37 bits per heavy atom. The van der Waals surface area contributed by atoms with Gasteiger partial charge in [0.1, 0.15) is 0 Å². The topological polar surface area (TPSA) is 64.4 Å². The summed E-state index contributed by atoms with van der Waals surface area (Å²) in [6.07, 6.45) is 0. The molecule has 0 saturated carbocycles. The molecule has 19 heavy (non-hydrogen) atoms. The van der Waals surface area contributed by atoms with Gasteiger partial charge in [-0.15, -0.1) is 5.10 Å². The fourth-order valence-corrected chi connectivity index (χ4v) is 1.86. The molecule has 0 aliphatic carbocycles. The molecule has 0 fully saturated rings. The lowest BCUT2D eigenvalue weighted by molar-refractivity contribution is -0.139. The van der Waals surface area contributed by atoms with E-state index in [-0.39, 0.29) is 6.61 Å². The maximum absolute atomic E-state index is 10.5. The van der Waals surface area contributed by atoms with E-state index in [1.165, 1.54) is 5.56 Å². The molecular weight excluding hydrogens is 244 g/mol. The minimum Gasteiger partial charge on any atom is -0.479 e. The number of hydrogen-bond donors (Lipinski definition) is 1. The van der Waals surface area contributed by atoms with Crippen molar-refractivity contribution in [2.75, 3.05) is 6.61 Å². The standard InChI is InChI=1S/C14H16N2O3/c1-9-5-4-6-12(11(9)3)16-10(2)7-13(15-16)19-8-14(17)18/h4-7H,8H2,1-3H3,(H,17,18). The van der Waals surface area contributed by atoms with E-state index in [4.69, 9.17) is 9.84 Å². The van der Waals surface area contributed by atoms with Gasteiger partial charge in [-0.2, -0.15) is 0 Å². The predicted molar refractivity (Wildman–Crippen MR) is 70.9 cm³/mol. The van der Waals surface area contributed by atoms with Gasteiger partial charge in [-0.1, -0.05) is 12.1 Å². The molecule has 0 aliphatic rings. The predicted octanol–water partition coefficient (Wildman–Crippen LogP) is 2.26. The van der Waals surface area contributed by atoms with Gasteiger partial charge in [0.05, 0.1) is 5.69 Å². The Kier molecular flexibility index (Phi) is 3.55. The van der Waals surface area contributed by atoms with E-state index in [0.29, 0.717) is 5.88 Å². The number of carboxylic acids is 1. The van der Waals surface area contributed by atoms with E-state index in [9.17, 15) is 4.79 Å². The van der Waals surface area contributed by atoms with Crippen molar-refractivity contribution in [1.29, 1.82) is 0 Å². The van der Waals surface area contributed by atoms with Crippen molar-refractivity contribution in [3.05, 3.63) is 41.1 Å². The SMILES string of the molecule is Cc1cccc(-n2nc(OCC(=O)O)cc2C)c1C. The smallest absolute Gasteiger partial charge is 0.341 e. The Hall–Kier alpha value is -2.30. The largest absolute Gasteiger partial charge is 0.479 e. The Labute approximate surface area is 111 Å². The third kappa shape index (κ3) is 2.76. The van der Waals surface area contributed by atoms with Crippen LogP contribution in [-0.2, 0) is 4.79 Å². The quantitative estimate of drug-likeness (QED) is 0.915. The van der Waals surface area contributed by atoms with Crippen molar-refractivity contribution < 1.29 is 14.6 Å². The molecule has 1 aromatic carbocycles. The maximum atomic E-state index is 10.5. The van der Waals surface area contributed by atoms with Crippen LogP contribution >= 0.6 is 0 Å². The second-order valence-electron chi connectivity index (χ2n) is 4.44. The number of aromatic nitrogens is 2. The Balaban J connectivity index is 2.35. The number of rotatable bonds is 4. The van der Waals surface area contributed by atoms with Crippen LogP contribution in [0, 0.1) is 20.8 Å². The molecule has 0 amide bonds. The summed E-state index contributed by atoms with van der Waals surface area (Å²) in [6.45, 7) is 5.59. The first-order chi connectivity index (χ1) is 8.99. The number of hydrogen-bond acceptors (Lipinski definition) is 3. The average molecular weight is 260 g/mol. The lowest BCUT2D eigenvalue weighted by Crippen LogP contribution is -2.10. The summed E-state index contributed by atoms with van der Waals surface area (Å²) in [5, 5.41) is 12.9. The Bertz CT molecular complexity index is 617. The number of aliphatic carboxylic acids is 1. The molecule has 0 spiro atoms. The molecule has 2 rings (SSSR count). The third-order valence-corrected chi connectivity index (χ3v) is 3.01. The van der Waals surface area contributed by atoms with Crippen LogP contribution in [0.15, 0.2) is 24.3 Å². The molecule has 1 aromatic heterocycles. The van der Waals surface area contributed by atoms with Gasteiger partial charge < -0.3 is 9.84 Å². The summed E-state index contributed by atoms with van der Waals surface area (Å²) in [6, 6.07) is 7.71. The van der Waals surface area contributed by atoms with Crippen LogP contribution in [0.3, 0.4) is 0 Å². The van der Waals surface area contributed by atoms with E-state index in [2.05, 4.69) is 5.10 Å². The Morgan fingerprint density at radius 3 is 2.79 bits per heavy atom. The first-order valence-electron chi connectivity index (χ1n) is 5.97. The Morgan fingerprint density at radius 2 is 2.11 bits per heavy atom. The summed E-state index contributed by atoms with van der Waals surface area (Å²) < 4.78 is 6.85. The normalized spacial score (nSPS) is 10.5. The zero-order valence-electron chi connectivity index (χ0n) is 11.2. The zero-order chi connectivity index (χ0) is 14.0. The summed E-state index contributed by atoms with van der Waals surface area (Å²) in [5.74, 6) is -0.695. The first-order valence-corrected chi connectivity index (χ1v) is 5.97. The van der Waals surface area contributed by atoms with Crippen molar-refractivity contribution in [2.45, 2.75) is 20.8 Å². The summed E-state index contributed by atoms with van der Waals surface area (Å²) in [4.78, 5) is 10.5. The van der Waals surface area contributed by atoms with Crippen molar-refractivity contribution in [3.8, 4) is 11.6 Å². The molecule has 5 nitrogen and oxygen atoms in total. The number of aryl methyl sites for hydroxylation is 2. The van der Waals surface area contributed by atoms with Crippen molar-refractivity contribution in [3.63, 3.8) is 0 Å². The number of benzene rings is 1. The molecule has 0 radical (unpaired) electrons. The number of carboxylic acid groups (broad SMARTS) is 1. The van der Waals surface area contributed by atoms with Gasteiger partial charge >= 0.3 is 5.97 Å². The highest BCUT2D eigenvalue weighted by Gasteiger charge is 2.11. The molecule has 0 atom stereocenters. The van der Waals surface area contributed by atoms with Gasteiger partial charge in [-0.05, 0) is 38.0 Å². The number of ether oxygens (including phenoxy) is 1. The van der Waals surface area contributed by atoms with Crippen molar-refractivity contribution in [1.82, 2.24) is 9.78 Å². The van der Waals surface area contributed by atoms with Crippen molar-refractivity contribution >= 4 is 5.97 Å². The van der Waals surface area contributed by atoms with Crippen LogP contribution in [0.2, 0.25) is 0 Å². The highest BCUT2D eigenvalue weighted by molar-refractivity contribution is 5.68. The van der Waals surface area contributed by atoms with Crippen LogP contribution in [0.25, 0.3) is 5.69 Å². The molecule has 0 saturated heterocycles. The van der Waals surface area contributed by atoms with E-state index in [1.807, 2.05) is 39.0 Å². The fraction of sp³-hybridized carbons (Fsp3) is 0.286. The maximum Gasteiger partial charge on any atom is 0.341 e. The van der Waals surface area contributed by atoms with E-state index in [1.54, 1.807) is 10.7 Å². The zero-order valence-corrected chi connectivity index (χ0v) is 11.2. The minimum absolute atomic E-state index is 0.320. The van der Waals surface area contributed by atoms with Crippen LogP contribution in [0.4, 0.5) is 0 Å². The summed E-state index contributed by atoms with van der Waals surface area (Å²) in [7, 11) is 0. The lowest BCUT2D eigenvalue weighted by Gasteiger charge is -2.09. The molecule has 100 valence electrons. The van der Waals surface area contributed by atoms with Gasteiger partial charge in [0.2, 0.25) is 5.88 Å². The van der Waals surface area contributed by atoms with E-state index >= 15 is 0 Å². The second kappa shape index (κ2) is 5.14. The van der Waals surface area contributed by atoms with Crippen LogP contribution in [0.5, 0.6) is 5.88 Å². The molecule has 1 N–H and O–H groups in total. The van der Waals surface area contributed by atoms with Gasteiger partial charge in [-0.25, -0.2) is 9.48 Å². The number of nitrogens with zero attached hydrogens (tertiary/aromatic N) is 2. The average Bonchev–Trinajstić information content (AvgIpc) is 2.71. The van der Waals surface area contributed by atoms with Crippen LogP contribution < -0.4 is 4.74 Å². The van der Waals surface area contributed by atoms with Gasteiger partial charge in [0.25, 0.3) is 0 Å². The van der Waals surface area contributed by atoms with Gasteiger partial charge in [-0.3, -0.25) is 0 Å². The molecule has 0 bridgehead atoms. The van der Waals surface area contributed by atoms with Crippen LogP contribution in [0.1, 0.15) is 16.8 Å². The monoisotopic (exact) mass is 260 g/mol. The highest BCUT2D eigenvalue weighted by atomic mass is 16.5. The van der Waals surface area contributed by atoms with Gasteiger partial charge in [0, 0.05) is 11.8 Å². The van der Waals surface area contributed by atoms with Gasteiger partial charge in [0.15, 0.2) is 6.61 Å². The minimum atomic E-state index is -1.01. The van der Waals surface area contributed by atoms with Crippen LogP contribution in [-0.4, -0.2) is 27.5 Å². The fourth-order valence-electron chi connectivity index (χ4n) is 1.86. The summed E-state index contributed by atoms with van der Waals surface area (Å²) >= 11 is 0. The molecule has 0 aliphatic heterocycles. The van der Waals surface area contributed by atoms with E-state index in [0.717, 1.165) is 16.9 Å². The summed E-state index contributed by atoms with van der Waals surface area (Å²) in [5.41, 5.74) is 4.19. The second-order valence-corrected chi connectivity index (χ2v) is 4.44. The highest BCUT2D eigenvalue weighted by Crippen LogP contribution is 2.21. The molecule has 2 aromatic rings. The molecule has 1 heterocycles. The third-order valence-electron chi connectivity index (χ3n) is 3.01. The number of carbonyl (C=O) groups is 1. The first kappa shape index (κ1) is 13.1. The molecule has 0 unspecified atom stereocenters. The molecular formula is C14H16N2O3. The molecule has 5 heteroatoms.